The molecule has 1 aliphatic heterocycles. The lowest BCUT2D eigenvalue weighted by molar-refractivity contribution is -0.149. The van der Waals surface area contributed by atoms with Crippen LogP contribution in [-0.4, -0.2) is 51.6 Å². The van der Waals surface area contributed by atoms with E-state index in [9.17, 15) is 18.0 Å². The third-order valence-electron chi connectivity index (χ3n) is 2.74. The summed E-state index contributed by atoms with van der Waals surface area (Å²) in [7, 11) is -2.90. The van der Waals surface area contributed by atoms with Gasteiger partial charge in [0.2, 0.25) is 0 Å². The number of esters is 1. The number of carbonyl (C=O) groups is 2. The number of hydrogen-bond donors (Lipinski definition) is 1. The van der Waals surface area contributed by atoms with Crippen LogP contribution in [0.3, 0.4) is 0 Å². The maximum absolute atomic E-state index is 11.8. The van der Waals surface area contributed by atoms with Gasteiger partial charge in [-0.2, -0.15) is 12.7 Å². The maximum atomic E-state index is 11.8. The highest BCUT2D eigenvalue weighted by atomic mass is 32.2. The summed E-state index contributed by atoms with van der Waals surface area (Å²) in [5.41, 5.74) is 0. The first-order chi connectivity index (χ1) is 8.90. The third-order valence-corrected chi connectivity index (χ3v) is 4.18. The lowest BCUT2D eigenvalue weighted by atomic mass is 10.0. The predicted octanol–water partition coefficient (Wildman–Crippen LogP) is -0.138. The van der Waals surface area contributed by atoms with Crippen molar-refractivity contribution in [3.05, 3.63) is 0 Å². The van der Waals surface area contributed by atoms with Gasteiger partial charge < -0.3 is 9.47 Å². The Morgan fingerprint density at radius 2 is 2.11 bits per heavy atom. The van der Waals surface area contributed by atoms with Gasteiger partial charge in [0.05, 0.1) is 19.6 Å². The van der Waals surface area contributed by atoms with E-state index in [2.05, 4.69) is 4.74 Å². The number of methoxy groups -OCH3 is 1. The summed E-state index contributed by atoms with van der Waals surface area (Å²) in [6.07, 6.45) is 0.0486. The summed E-state index contributed by atoms with van der Waals surface area (Å²) in [4.78, 5) is 22.6. The van der Waals surface area contributed by atoms with E-state index in [-0.39, 0.29) is 19.7 Å². The molecular weight excluding hydrogens is 276 g/mol. The van der Waals surface area contributed by atoms with Crippen molar-refractivity contribution in [3.8, 4) is 0 Å². The molecule has 0 spiro atoms. The molecule has 1 heterocycles. The zero-order valence-corrected chi connectivity index (χ0v) is 11.7. The number of carbonyl (C=O) groups excluding carboxylic acids is 2. The smallest absolute Gasteiger partial charge is 0.421 e. The van der Waals surface area contributed by atoms with Crippen molar-refractivity contribution in [2.75, 3.05) is 26.8 Å². The number of nitrogens with zero attached hydrogens (tertiary/aromatic N) is 1. The summed E-state index contributed by atoms with van der Waals surface area (Å²) in [6.45, 7) is 2.20. The van der Waals surface area contributed by atoms with Crippen LogP contribution in [0.2, 0.25) is 0 Å². The number of rotatable bonds is 4. The van der Waals surface area contributed by atoms with Crippen LogP contribution in [0, 0.1) is 5.92 Å². The van der Waals surface area contributed by atoms with E-state index in [1.54, 1.807) is 11.6 Å². The van der Waals surface area contributed by atoms with Crippen molar-refractivity contribution in [2.24, 2.45) is 5.92 Å². The van der Waals surface area contributed by atoms with E-state index >= 15 is 0 Å². The lowest BCUT2D eigenvalue weighted by Crippen LogP contribution is -2.49. The summed E-state index contributed by atoms with van der Waals surface area (Å²) in [6, 6.07) is 0. The van der Waals surface area contributed by atoms with Gasteiger partial charge in [0.15, 0.2) is 0 Å². The van der Waals surface area contributed by atoms with Crippen molar-refractivity contribution >= 4 is 22.3 Å². The Kier molecular flexibility index (Phi) is 5.55. The molecule has 0 unspecified atom stereocenters. The third kappa shape index (κ3) is 4.35. The van der Waals surface area contributed by atoms with Crippen LogP contribution in [0.4, 0.5) is 4.79 Å². The van der Waals surface area contributed by atoms with Gasteiger partial charge in [-0.1, -0.05) is 0 Å². The average molecular weight is 294 g/mol. The molecule has 1 N–H and O–H groups in total. The fraction of sp³-hybridized carbons (Fsp3) is 0.800. The molecule has 8 nitrogen and oxygen atoms in total. The van der Waals surface area contributed by atoms with Gasteiger partial charge in [0, 0.05) is 13.1 Å². The Bertz CT molecular complexity index is 435. The molecule has 1 fully saturated rings. The minimum atomic E-state index is -3.98. The normalized spacial score (nSPS) is 20.6. The second-order valence-electron chi connectivity index (χ2n) is 4.05. The zero-order chi connectivity index (χ0) is 14.5. The summed E-state index contributed by atoms with van der Waals surface area (Å²) < 4.78 is 35.6. The fourth-order valence-corrected chi connectivity index (χ4v) is 2.99. The minimum Gasteiger partial charge on any atom is -0.466 e. The summed E-state index contributed by atoms with van der Waals surface area (Å²) >= 11 is 0. The molecule has 0 radical (unpaired) electrons. The quantitative estimate of drug-likeness (QED) is 0.724. The molecule has 0 bridgehead atoms. The zero-order valence-electron chi connectivity index (χ0n) is 10.9. The van der Waals surface area contributed by atoms with Crippen molar-refractivity contribution < 1.29 is 27.5 Å². The maximum Gasteiger partial charge on any atom is 0.421 e. The Balaban J connectivity index is 2.68. The minimum absolute atomic E-state index is 0.00512. The van der Waals surface area contributed by atoms with Crippen LogP contribution in [-0.2, 0) is 24.5 Å². The molecule has 110 valence electrons. The van der Waals surface area contributed by atoms with Gasteiger partial charge >= 0.3 is 22.3 Å². The molecule has 1 aliphatic rings. The topological polar surface area (TPSA) is 102 Å². The number of piperidine rings is 1. The van der Waals surface area contributed by atoms with Crippen molar-refractivity contribution in [1.82, 2.24) is 9.03 Å². The average Bonchev–Trinajstić information content (AvgIpc) is 2.38. The molecule has 1 atom stereocenters. The van der Waals surface area contributed by atoms with E-state index in [1.807, 2.05) is 0 Å². The molecule has 9 heteroatoms. The largest absolute Gasteiger partial charge is 0.466 e. The fourth-order valence-electron chi connectivity index (χ4n) is 1.82. The first kappa shape index (κ1) is 15.7. The van der Waals surface area contributed by atoms with E-state index in [1.165, 1.54) is 0 Å². The first-order valence-electron chi connectivity index (χ1n) is 5.93. The summed E-state index contributed by atoms with van der Waals surface area (Å²) in [5, 5.41) is 0. The van der Waals surface area contributed by atoms with E-state index in [0.29, 0.717) is 12.8 Å². The standard InChI is InChI=1S/C10H18N2O6S/c1-3-18-9(13)8-5-4-6-12(7-8)19(15,16)11-10(14)17-2/h8H,3-7H2,1-2H3,(H,11,14)/t8-/m1/s1. The van der Waals surface area contributed by atoms with Gasteiger partial charge in [-0.25, -0.2) is 9.52 Å². The van der Waals surface area contributed by atoms with Gasteiger partial charge in [0.25, 0.3) is 0 Å². The molecule has 0 saturated carbocycles. The number of amides is 1. The van der Waals surface area contributed by atoms with Crippen molar-refractivity contribution in [1.29, 1.82) is 0 Å². The molecule has 0 aromatic carbocycles. The highest BCUT2D eigenvalue weighted by Gasteiger charge is 2.34. The number of nitrogens with one attached hydrogen (secondary N) is 1. The molecule has 0 aromatic heterocycles. The molecule has 19 heavy (non-hydrogen) atoms. The summed E-state index contributed by atoms with van der Waals surface area (Å²) in [5.74, 6) is -0.914. The second-order valence-corrected chi connectivity index (χ2v) is 5.72. The molecule has 1 amide bonds. The first-order valence-corrected chi connectivity index (χ1v) is 7.37. The highest BCUT2D eigenvalue weighted by molar-refractivity contribution is 7.87. The molecule has 0 aromatic rings. The van der Waals surface area contributed by atoms with Crippen LogP contribution in [0.15, 0.2) is 0 Å². The van der Waals surface area contributed by atoms with Crippen LogP contribution < -0.4 is 4.72 Å². The van der Waals surface area contributed by atoms with Gasteiger partial charge in [-0.3, -0.25) is 4.79 Å². The van der Waals surface area contributed by atoms with Crippen LogP contribution in [0.5, 0.6) is 0 Å². The molecule has 0 aliphatic carbocycles. The molecule has 1 saturated heterocycles. The monoisotopic (exact) mass is 294 g/mol. The van der Waals surface area contributed by atoms with Crippen molar-refractivity contribution in [3.63, 3.8) is 0 Å². The second kappa shape index (κ2) is 6.71. The SMILES string of the molecule is CCOC(=O)[C@@H]1CCCN(S(=O)(=O)NC(=O)OC)C1. The van der Waals surface area contributed by atoms with Crippen LogP contribution >= 0.6 is 0 Å². The number of ether oxygens (including phenoxy) is 2. The Morgan fingerprint density at radius 3 is 2.68 bits per heavy atom. The van der Waals surface area contributed by atoms with Gasteiger partial charge in [0.1, 0.15) is 0 Å². The predicted molar refractivity (Wildman–Crippen MR) is 65.4 cm³/mol. The van der Waals surface area contributed by atoms with E-state index in [4.69, 9.17) is 4.74 Å². The van der Waals surface area contributed by atoms with Crippen molar-refractivity contribution in [2.45, 2.75) is 19.8 Å². The Labute approximate surface area is 112 Å². The van der Waals surface area contributed by atoms with Crippen LogP contribution in [0.25, 0.3) is 0 Å². The Morgan fingerprint density at radius 1 is 1.42 bits per heavy atom. The van der Waals surface area contributed by atoms with E-state index in [0.717, 1.165) is 11.4 Å². The molecule has 1 rings (SSSR count). The number of hydrogen-bond acceptors (Lipinski definition) is 6. The Hall–Kier alpha value is -1.35. The van der Waals surface area contributed by atoms with Gasteiger partial charge in [-0.05, 0) is 19.8 Å². The van der Waals surface area contributed by atoms with E-state index < -0.39 is 28.2 Å². The highest BCUT2D eigenvalue weighted by Crippen LogP contribution is 2.19. The van der Waals surface area contributed by atoms with Gasteiger partial charge in [-0.15, -0.1) is 0 Å². The lowest BCUT2D eigenvalue weighted by Gasteiger charge is -2.30. The van der Waals surface area contributed by atoms with Crippen LogP contribution in [0.1, 0.15) is 19.8 Å². The molecular formula is C10H18N2O6S.